The molecule has 2 N–H and O–H groups in total. The molecular formula is C10H19NO2. The Bertz CT molecular complexity index is 176. The summed E-state index contributed by atoms with van der Waals surface area (Å²) in [7, 11) is 0. The van der Waals surface area contributed by atoms with Crippen molar-refractivity contribution in [2.24, 2.45) is 11.7 Å². The van der Waals surface area contributed by atoms with E-state index in [1.807, 2.05) is 13.8 Å². The van der Waals surface area contributed by atoms with Gasteiger partial charge in [0, 0.05) is 5.57 Å². The zero-order valence-electron chi connectivity index (χ0n) is 8.51. The average Bonchev–Trinajstić information content (AvgIpc) is 2.10. The molecule has 0 saturated carbocycles. The lowest BCUT2D eigenvalue weighted by Crippen LogP contribution is -2.12. The van der Waals surface area contributed by atoms with Gasteiger partial charge in [0.05, 0.1) is 6.61 Å². The molecule has 0 spiro atoms. The van der Waals surface area contributed by atoms with E-state index in [2.05, 4.69) is 6.58 Å². The monoisotopic (exact) mass is 185 g/mol. The molecule has 0 amide bonds. The zero-order valence-corrected chi connectivity index (χ0v) is 8.51. The Morgan fingerprint density at radius 1 is 1.46 bits per heavy atom. The first kappa shape index (κ1) is 12.2. The van der Waals surface area contributed by atoms with Crippen molar-refractivity contribution < 1.29 is 9.53 Å². The van der Waals surface area contributed by atoms with Gasteiger partial charge >= 0.3 is 5.97 Å². The predicted molar refractivity (Wildman–Crippen MR) is 53.2 cm³/mol. The molecule has 0 rings (SSSR count). The molecule has 3 heteroatoms. The summed E-state index contributed by atoms with van der Waals surface area (Å²) in [6.07, 6.45) is 1.72. The normalized spacial score (nSPS) is 10.2. The van der Waals surface area contributed by atoms with Crippen molar-refractivity contribution in [2.75, 3.05) is 13.2 Å². The van der Waals surface area contributed by atoms with E-state index in [1.165, 1.54) is 0 Å². The number of carbonyl (C=O) groups is 1. The maximum Gasteiger partial charge on any atom is 0.333 e. The molecule has 0 aliphatic rings. The zero-order chi connectivity index (χ0) is 10.3. The summed E-state index contributed by atoms with van der Waals surface area (Å²) in [5.41, 5.74) is 5.83. The summed E-state index contributed by atoms with van der Waals surface area (Å²) >= 11 is 0. The standard InChI is InChI=1S/C10H19NO2/c1-8(2)9(3)10(12)13-7-5-4-6-11/h8H,3-7,11H2,1-2H3. The molecule has 76 valence electrons. The maximum absolute atomic E-state index is 11.2. The van der Waals surface area contributed by atoms with Crippen LogP contribution in [0.2, 0.25) is 0 Å². The number of hydrogen-bond donors (Lipinski definition) is 1. The Labute approximate surface area is 79.9 Å². The molecule has 0 saturated heterocycles. The number of carbonyl (C=O) groups excluding carboxylic acids is 1. The Kier molecular flexibility index (Phi) is 6.24. The van der Waals surface area contributed by atoms with Gasteiger partial charge < -0.3 is 10.5 Å². The SMILES string of the molecule is C=C(C(=O)OCCCCN)C(C)C. The van der Waals surface area contributed by atoms with Crippen molar-refractivity contribution in [3.05, 3.63) is 12.2 Å². The molecule has 0 aromatic rings. The first-order valence-corrected chi connectivity index (χ1v) is 4.65. The van der Waals surface area contributed by atoms with Crippen LogP contribution in [-0.4, -0.2) is 19.1 Å². The molecule has 0 aliphatic heterocycles. The fraction of sp³-hybridized carbons (Fsp3) is 0.700. The molecule has 0 atom stereocenters. The van der Waals surface area contributed by atoms with Crippen LogP contribution in [0.5, 0.6) is 0 Å². The Morgan fingerprint density at radius 3 is 2.54 bits per heavy atom. The topological polar surface area (TPSA) is 52.3 Å². The van der Waals surface area contributed by atoms with Gasteiger partial charge in [0.2, 0.25) is 0 Å². The molecular weight excluding hydrogens is 166 g/mol. The first-order valence-electron chi connectivity index (χ1n) is 4.65. The number of nitrogens with two attached hydrogens (primary N) is 1. The highest BCUT2D eigenvalue weighted by molar-refractivity contribution is 5.88. The molecule has 3 nitrogen and oxygen atoms in total. The highest BCUT2D eigenvalue weighted by atomic mass is 16.5. The maximum atomic E-state index is 11.2. The van der Waals surface area contributed by atoms with E-state index in [-0.39, 0.29) is 11.9 Å². The molecule has 0 bridgehead atoms. The fourth-order valence-corrected chi connectivity index (χ4v) is 0.740. The third kappa shape index (κ3) is 5.42. The second-order valence-electron chi connectivity index (χ2n) is 3.31. The van der Waals surface area contributed by atoms with Gasteiger partial charge in [0.25, 0.3) is 0 Å². The summed E-state index contributed by atoms with van der Waals surface area (Å²) < 4.78 is 4.97. The minimum Gasteiger partial charge on any atom is -0.462 e. The van der Waals surface area contributed by atoms with Crippen LogP contribution in [-0.2, 0) is 9.53 Å². The third-order valence-electron chi connectivity index (χ3n) is 1.79. The molecule has 0 aromatic carbocycles. The van der Waals surface area contributed by atoms with Crippen molar-refractivity contribution in [3.8, 4) is 0 Å². The van der Waals surface area contributed by atoms with Gasteiger partial charge in [0.1, 0.15) is 0 Å². The molecule has 13 heavy (non-hydrogen) atoms. The van der Waals surface area contributed by atoms with Crippen LogP contribution in [0.25, 0.3) is 0 Å². The van der Waals surface area contributed by atoms with E-state index in [9.17, 15) is 4.79 Å². The van der Waals surface area contributed by atoms with Crippen LogP contribution in [0.1, 0.15) is 26.7 Å². The van der Waals surface area contributed by atoms with E-state index in [4.69, 9.17) is 10.5 Å². The summed E-state index contributed by atoms with van der Waals surface area (Å²) in [4.78, 5) is 11.2. The van der Waals surface area contributed by atoms with Gasteiger partial charge in [-0.25, -0.2) is 4.79 Å². The molecule has 0 aliphatic carbocycles. The van der Waals surface area contributed by atoms with Gasteiger partial charge in [-0.05, 0) is 25.3 Å². The Hall–Kier alpha value is -0.830. The van der Waals surface area contributed by atoms with Crippen molar-refractivity contribution in [2.45, 2.75) is 26.7 Å². The molecule has 0 fully saturated rings. The van der Waals surface area contributed by atoms with Gasteiger partial charge in [-0.3, -0.25) is 0 Å². The summed E-state index contributed by atoms with van der Waals surface area (Å²) in [6, 6.07) is 0. The van der Waals surface area contributed by atoms with Crippen molar-refractivity contribution in [1.29, 1.82) is 0 Å². The van der Waals surface area contributed by atoms with Crippen LogP contribution in [0.3, 0.4) is 0 Å². The van der Waals surface area contributed by atoms with Crippen LogP contribution >= 0.6 is 0 Å². The van der Waals surface area contributed by atoms with Crippen LogP contribution in [0.15, 0.2) is 12.2 Å². The highest BCUT2D eigenvalue weighted by Crippen LogP contribution is 2.08. The largest absolute Gasteiger partial charge is 0.462 e. The average molecular weight is 185 g/mol. The smallest absolute Gasteiger partial charge is 0.333 e. The number of unbranched alkanes of at least 4 members (excludes halogenated alkanes) is 1. The molecule has 0 radical (unpaired) electrons. The van der Waals surface area contributed by atoms with Crippen LogP contribution in [0.4, 0.5) is 0 Å². The number of rotatable bonds is 6. The van der Waals surface area contributed by atoms with Crippen molar-refractivity contribution in [1.82, 2.24) is 0 Å². The number of esters is 1. The minimum absolute atomic E-state index is 0.155. The van der Waals surface area contributed by atoms with Crippen molar-refractivity contribution in [3.63, 3.8) is 0 Å². The lowest BCUT2D eigenvalue weighted by Gasteiger charge is -2.08. The number of ether oxygens (including phenoxy) is 1. The quantitative estimate of drug-likeness (QED) is 0.387. The van der Waals surface area contributed by atoms with E-state index in [0.29, 0.717) is 18.7 Å². The molecule has 0 heterocycles. The van der Waals surface area contributed by atoms with Gasteiger partial charge in [0.15, 0.2) is 0 Å². The summed E-state index contributed by atoms with van der Waals surface area (Å²) in [5.74, 6) is -0.131. The highest BCUT2D eigenvalue weighted by Gasteiger charge is 2.11. The first-order chi connectivity index (χ1) is 6.09. The second-order valence-corrected chi connectivity index (χ2v) is 3.31. The Balaban J connectivity index is 3.57. The van der Waals surface area contributed by atoms with E-state index in [1.54, 1.807) is 0 Å². The van der Waals surface area contributed by atoms with E-state index < -0.39 is 0 Å². The van der Waals surface area contributed by atoms with E-state index >= 15 is 0 Å². The van der Waals surface area contributed by atoms with Gasteiger partial charge in [-0.2, -0.15) is 0 Å². The van der Waals surface area contributed by atoms with Crippen LogP contribution < -0.4 is 5.73 Å². The second kappa shape index (κ2) is 6.66. The van der Waals surface area contributed by atoms with Crippen LogP contribution in [0, 0.1) is 5.92 Å². The fourth-order valence-electron chi connectivity index (χ4n) is 0.740. The minimum atomic E-state index is -0.285. The molecule has 0 aromatic heterocycles. The van der Waals surface area contributed by atoms with E-state index in [0.717, 1.165) is 12.8 Å². The lowest BCUT2D eigenvalue weighted by molar-refractivity contribution is -0.139. The third-order valence-corrected chi connectivity index (χ3v) is 1.79. The Morgan fingerprint density at radius 2 is 2.08 bits per heavy atom. The number of hydrogen-bond acceptors (Lipinski definition) is 3. The predicted octanol–water partition coefficient (Wildman–Crippen LogP) is 1.48. The molecule has 0 unspecified atom stereocenters. The van der Waals surface area contributed by atoms with Gasteiger partial charge in [-0.1, -0.05) is 20.4 Å². The summed E-state index contributed by atoms with van der Waals surface area (Å²) in [6.45, 7) is 8.58. The summed E-state index contributed by atoms with van der Waals surface area (Å²) in [5, 5.41) is 0. The van der Waals surface area contributed by atoms with Crippen molar-refractivity contribution >= 4 is 5.97 Å². The lowest BCUT2D eigenvalue weighted by atomic mass is 10.1. The van der Waals surface area contributed by atoms with Gasteiger partial charge in [-0.15, -0.1) is 0 Å².